The lowest BCUT2D eigenvalue weighted by molar-refractivity contribution is 0.0941. The highest BCUT2D eigenvalue weighted by Crippen LogP contribution is 2.38. The van der Waals surface area contributed by atoms with Crippen LogP contribution in [0.25, 0.3) is 11.1 Å². The summed E-state index contributed by atoms with van der Waals surface area (Å²) in [5, 5.41) is 3.47. The number of para-hydroxylation sites is 1. The molecule has 1 N–H and O–H groups in total. The first-order valence-corrected chi connectivity index (χ1v) is 14.0. The molecule has 3 aromatic carbocycles. The summed E-state index contributed by atoms with van der Waals surface area (Å²) in [5.74, 6) is 0.0161. The second-order valence-electron chi connectivity index (χ2n) is 10.2. The Balaban J connectivity index is 1.35. The molecular formula is C34H29ClN4O3. The lowest BCUT2D eigenvalue weighted by atomic mass is 9.98. The first-order valence-electron chi connectivity index (χ1n) is 13.6. The molecule has 2 amide bonds. The molecule has 0 fully saturated rings. The summed E-state index contributed by atoms with van der Waals surface area (Å²) in [6.07, 6.45) is 3.40. The van der Waals surface area contributed by atoms with E-state index in [0.717, 1.165) is 39.2 Å². The molecule has 0 bridgehead atoms. The summed E-state index contributed by atoms with van der Waals surface area (Å²) < 4.78 is 7.71. The van der Waals surface area contributed by atoms with Crippen molar-refractivity contribution in [2.24, 2.45) is 0 Å². The van der Waals surface area contributed by atoms with Gasteiger partial charge in [-0.2, -0.15) is 0 Å². The Hall–Kier alpha value is -4.88. The van der Waals surface area contributed by atoms with E-state index in [9.17, 15) is 9.59 Å². The molecule has 0 aliphatic carbocycles. The van der Waals surface area contributed by atoms with E-state index in [4.69, 9.17) is 16.3 Å². The van der Waals surface area contributed by atoms with Gasteiger partial charge in [-0.1, -0.05) is 54.1 Å². The Morgan fingerprint density at radius 1 is 0.929 bits per heavy atom. The molecule has 210 valence electrons. The first kappa shape index (κ1) is 27.3. The predicted molar refractivity (Wildman–Crippen MR) is 164 cm³/mol. The maximum atomic E-state index is 14.3. The van der Waals surface area contributed by atoms with Crippen molar-refractivity contribution in [3.63, 3.8) is 0 Å². The van der Waals surface area contributed by atoms with Crippen LogP contribution in [-0.4, -0.2) is 28.5 Å². The molecular weight excluding hydrogens is 548 g/mol. The first-order chi connectivity index (χ1) is 20.4. The fraction of sp³-hybridized carbons (Fsp3) is 0.147. The van der Waals surface area contributed by atoms with Gasteiger partial charge in [0.15, 0.2) is 0 Å². The van der Waals surface area contributed by atoms with Crippen LogP contribution in [-0.2, 0) is 19.6 Å². The predicted octanol–water partition coefficient (Wildman–Crippen LogP) is 6.66. The van der Waals surface area contributed by atoms with Crippen LogP contribution in [0.3, 0.4) is 0 Å². The molecule has 2 aromatic heterocycles. The maximum absolute atomic E-state index is 14.3. The largest absolute Gasteiger partial charge is 0.496 e. The van der Waals surface area contributed by atoms with Gasteiger partial charge < -0.3 is 19.5 Å². The van der Waals surface area contributed by atoms with Crippen LogP contribution in [0.2, 0.25) is 5.02 Å². The molecule has 1 aliphatic rings. The molecule has 1 aliphatic heterocycles. The van der Waals surface area contributed by atoms with Crippen molar-refractivity contribution in [1.29, 1.82) is 0 Å². The Morgan fingerprint density at radius 3 is 2.48 bits per heavy atom. The van der Waals surface area contributed by atoms with Crippen molar-refractivity contribution in [1.82, 2.24) is 14.9 Å². The van der Waals surface area contributed by atoms with E-state index in [-0.39, 0.29) is 18.4 Å². The number of amides is 2. The third-order valence-electron chi connectivity index (χ3n) is 7.64. The number of methoxy groups -OCH3 is 1. The highest BCUT2D eigenvalue weighted by atomic mass is 35.5. The second-order valence-corrected chi connectivity index (χ2v) is 10.6. The molecule has 0 saturated carbocycles. The molecule has 0 atom stereocenters. The van der Waals surface area contributed by atoms with Crippen LogP contribution in [0.5, 0.6) is 5.75 Å². The molecule has 5 aromatic rings. The molecule has 0 unspecified atom stereocenters. The number of pyridine rings is 1. The van der Waals surface area contributed by atoms with Crippen molar-refractivity contribution in [2.45, 2.75) is 26.6 Å². The summed E-state index contributed by atoms with van der Waals surface area (Å²) in [4.78, 5) is 33.3. The summed E-state index contributed by atoms with van der Waals surface area (Å²) in [7, 11) is 1.56. The SMILES string of the molecule is COc1cc(-c2ccccc2C)c(Cl)cc1C(=O)N1Cc2ccc(C(=O)NCc3ccncc3)n2Cc2ccccc21. The number of hydrogen-bond donors (Lipinski definition) is 1. The number of ether oxygens (including phenoxy) is 1. The highest BCUT2D eigenvalue weighted by Gasteiger charge is 2.29. The number of rotatable bonds is 6. The third kappa shape index (κ3) is 5.15. The Labute approximate surface area is 249 Å². The number of nitrogens with zero attached hydrogens (tertiary/aromatic N) is 3. The topological polar surface area (TPSA) is 76.5 Å². The number of anilines is 1. The minimum Gasteiger partial charge on any atom is -0.496 e. The van der Waals surface area contributed by atoms with Crippen LogP contribution in [0.15, 0.2) is 97.3 Å². The average Bonchev–Trinajstić information content (AvgIpc) is 3.33. The second kappa shape index (κ2) is 11.5. The lowest BCUT2D eigenvalue weighted by Gasteiger charge is -2.24. The zero-order chi connectivity index (χ0) is 29.2. The van der Waals surface area contributed by atoms with Gasteiger partial charge in [-0.25, -0.2) is 0 Å². The number of carbonyl (C=O) groups excluding carboxylic acids is 2. The van der Waals surface area contributed by atoms with E-state index in [2.05, 4.69) is 10.3 Å². The van der Waals surface area contributed by atoms with Crippen LogP contribution in [0.4, 0.5) is 5.69 Å². The van der Waals surface area contributed by atoms with Crippen molar-refractivity contribution in [3.05, 3.63) is 136 Å². The number of halogens is 1. The van der Waals surface area contributed by atoms with E-state index in [1.807, 2.05) is 90.4 Å². The fourth-order valence-corrected chi connectivity index (χ4v) is 5.69. The summed E-state index contributed by atoms with van der Waals surface area (Å²) in [6, 6.07) is 26.7. The number of hydrogen-bond acceptors (Lipinski definition) is 4. The van der Waals surface area contributed by atoms with Crippen LogP contribution < -0.4 is 15.0 Å². The standard InChI is InChI=1S/C34H29ClN4O3/c1-22-7-3-5-9-26(22)27-18-32(42-2)28(17-29(27)35)34(41)39-21-25-11-12-31(33(40)37-19-23-13-15-36-16-14-23)38(25)20-24-8-4-6-10-30(24)39/h3-18H,19-21H2,1-2H3,(H,37,40). The van der Waals surface area contributed by atoms with E-state index in [1.165, 1.54) is 0 Å². The molecule has 6 rings (SSSR count). The van der Waals surface area contributed by atoms with Gasteiger partial charge in [-0.3, -0.25) is 14.6 Å². The van der Waals surface area contributed by atoms with E-state index >= 15 is 0 Å². The fourth-order valence-electron chi connectivity index (χ4n) is 5.43. The van der Waals surface area contributed by atoms with Gasteiger partial charge >= 0.3 is 0 Å². The molecule has 0 radical (unpaired) electrons. The molecule has 0 spiro atoms. The van der Waals surface area contributed by atoms with Gasteiger partial charge in [0.1, 0.15) is 11.4 Å². The zero-order valence-corrected chi connectivity index (χ0v) is 24.1. The van der Waals surface area contributed by atoms with Crippen LogP contribution in [0.1, 0.15) is 43.2 Å². The van der Waals surface area contributed by atoms with Gasteiger partial charge in [0.05, 0.1) is 25.8 Å². The normalized spacial score (nSPS) is 12.2. The number of aryl methyl sites for hydroxylation is 1. The Kier molecular flexibility index (Phi) is 7.50. The average molecular weight is 577 g/mol. The van der Waals surface area contributed by atoms with Crippen molar-refractivity contribution < 1.29 is 14.3 Å². The van der Waals surface area contributed by atoms with Gasteiger partial charge in [-0.15, -0.1) is 0 Å². The van der Waals surface area contributed by atoms with Crippen molar-refractivity contribution in [3.8, 4) is 16.9 Å². The smallest absolute Gasteiger partial charge is 0.268 e. The summed E-state index contributed by atoms with van der Waals surface area (Å²) >= 11 is 6.80. The molecule has 8 heteroatoms. The van der Waals surface area contributed by atoms with E-state index in [1.54, 1.807) is 30.5 Å². The molecule has 3 heterocycles. The Morgan fingerprint density at radius 2 is 1.69 bits per heavy atom. The molecule has 42 heavy (non-hydrogen) atoms. The third-order valence-corrected chi connectivity index (χ3v) is 7.95. The van der Waals surface area contributed by atoms with E-state index < -0.39 is 0 Å². The van der Waals surface area contributed by atoms with E-state index in [0.29, 0.717) is 35.1 Å². The number of carbonyl (C=O) groups is 2. The zero-order valence-electron chi connectivity index (χ0n) is 23.3. The van der Waals surface area contributed by atoms with Gasteiger partial charge in [-0.05, 0) is 71.6 Å². The quantitative estimate of drug-likeness (QED) is 0.245. The van der Waals surface area contributed by atoms with Gasteiger partial charge in [0.25, 0.3) is 11.8 Å². The van der Waals surface area contributed by atoms with Crippen LogP contribution >= 0.6 is 11.6 Å². The monoisotopic (exact) mass is 576 g/mol. The van der Waals surface area contributed by atoms with Gasteiger partial charge in [0, 0.05) is 40.9 Å². The van der Waals surface area contributed by atoms with Crippen molar-refractivity contribution in [2.75, 3.05) is 12.0 Å². The minimum absolute atomic E-state index is 0.185. The highest BCUT2D eigenvalue weighted by molar-refractivity contribution is 6.34. The van der Waals surface area contributed by atoms with Gasteiger partial charge in [0.2, 0.25) is 0 Å². The number of aromatic nitrogens is 2. The Bertz CT molecular complexity index is 1800. The lowest BCUT2D eigenvalue weighted by Crippen LogP contribution is -2.31. The number of nitrogens with one attached hydrogen (secondary N) is 1. The molecule has 0 saturated heterocycles. The van der Waals surface area contributed by atoms with Crippen molar-refractivity contribution >= 4 is 29.1 Å². The number of fused-ring (bicyclic) bond motifs is 2. The molecule has 7 nitrogen and oxygen atoms in total. The number of benzene rings is 3. The van der Waals surface area contributed by atoms with Crippen LogP contribution in [0, 0.1) is 6.92 Å². The summed E-state index contributed by atoms with van der Waals surface area (Å²) in [6.45, 7) is 3.13. The minimum atomic E-state index is -0.240. The maximum Gasteiger partial charge on any atom is 0.268 e. The summed E-state index contributed by atoms with van der Waals surface area (Å²) in [5.41, 5.74) is 7.25.